The molecule has 88 valence electrons. The molecule has 4 heteroatoms. The summed E-state index contributed by atoms with van der Waals surface area (Å²) in [7, 11) is 0. The Bertz CT molecular complexity index is 532. The molecule has 1 aromatic heterocycles. The summed E-state index contributed by atoms with van der Waals surface area (Å²) in [5.74, 6) is -1.03. The van der Waals surface area contributed by atoms with Gasteiger partial charge in [-0.15, -0.1) is 0 Å². The lowest BCUT2D eigenvalue weighted by molar-refractivity contribution is -0.143. The molecule has 0 fully saturated rings. The zero-order valence-electron chi connectivity index (χ0n) is 9.38. The Kier molecular flexibility index (Phi) is 3.00. The maximum absolute atomic E-state index is 11.2. The summed E-state index contributed by atoms with van der Waals surface area (Å²) in [5.41, 5.74) is 7.02. The van der Waals surface area contributed by atoms with E-state index in [1.807, 2.05) is 29.0 Å². The van der Waals surface area contributed by atoms with Crippen LogP contribution in [0.4, 0.5) is 0 Å². The van der Waals surface area contributed by atoms with Crippen LogP contribution in [0.1, 0.15) is 12.5 Å². The first-order valence-corrected chi connectivity index (χ1v) is 6.12. The minimum absolute atomic E-state index is 0.630. The third kappa shape index (κ3) is 2.09. The molecule has 0 bridgehead atoms. The molecule has 2 aromatic rings. The van der Waals surface area contributed by atoms with Gasteiger partial charge in [0.15, 0.2) is 0 Å². The van der Waals surface area contributed by atoms with E-state index in [9.17, 15) is 9.90 Å². The van der Waals surface area contributed by atoms with E-state index in [1.165, 1.54) is 6.92 Å². The van der Waals surface area contributed by atoms with Gasteiger partial charge in [-0.2, -0.15) is 11.3 Å². The zero-order chi connectivity index (χ0) is 12.5. The van der Waals surface area contributed by atoms with Crippen molar-refractivity contribution in [3.63, 3.8) is 0 Å². The monoisotopic (exact) mass is 247 g/mol. The molecule has 0 aliphatic heterocycles. The third-order valence-electron chi connectivity index (χ3n) is 2.76. The molecule has 1 heterocycles. The second kappa shape index (κ2) is 4.31. The molecule has 1 unspecified atom stereocenters. The maximum Gasteiger partial charge on any atom is 0.328 e. The van der Waals surface area contributed by atoms with Crippen molar-refractivity contribution in [3.05, 3.63) is 46.7 Å². The Balaban J connectivity index is 2.60. The number of carbonyl (C=O) groups is 1. The predicted molar refractivity (Wildman–Crippen MR) is 68.9 cm³/mol. The summed E-state index contributed by atoms with van der Waals surface area (Å²) in [6, 6.07) is 9.31. The number of hydrogen-bond donors (Lipinski definition) is 2. The number of carboxylic acids is 1. The Hall–Kier alpha value is -1.65. The summed E-state index contributed by atoms with van der Waals surface area (Å²) < 4.78 is 0. The standard InChI is InChI=1S/C13H13NO2S/c1-13(14,12(15)16)11-5-3-2-4-10(11)9-6-7-17-8-9/h2-8H,14H2,1H3,(H,15,16). The first-order valence-electron chi connectivity index (χ1n) is 5.18. The Labute approximate surface area is 104 Å². The van der Waals surface area contributed by atoms with Gasteiger partial charge < -0.3 is 10.8 Å². The van der Waals surface area contributed by atoms with Crippen LogP contribution >= 0.6 is 11.3 Å². The van der Waals surface area contributed by atoms with Crippen LogP contribution in [0.5, 0.6) is 0 Å². The van der Waals surface area contributed by atoms with E-state index in [-0.39, 0.29) is 0 Å². The lowest BCUT2D eigenvalue weighted by Gasteiger charge is -2.22. The van der Waals surface area contributed by atoms with Crippen LogP contribution in [-0.4, -0.2) is 11.1 Å². The third-order valence-corrected chi connectivity index (χ3v) is 3.45. The van der Waals surface area contributed by atoms with E-state index < -0.39 is 11.5 Å². The average Bonchev–Trinajstić information content (AvgIpc) is 2.82. The van der Waals surface area contributed by atoms with Crippen LogP contribution in [-0.2, 0) is 10.3 Å². The fourth-order valence-electron chi connectivity index (χ4n) is 1.72. The van der Waals surface area contributed by atoms with Crippen molar-refractivity contribution in [1.29, 1.82) is 0 Å². The van der Waals surface area contributed by atoms with Crippen LogP contribution in [0, 0.1) is 0 Å². The quantitative estimate of drug-likeness (QED) is 0.876. The van der Waals surface area contributed by atoms with E-state index in [4.69, 9.17) is 5.73 Å². The van der Waals surface area contributed by atoms with Crippen LogP contribution in [0.15, 0.2) is 41.1 Å². The molecule has 3 N–H and O–H groups in total. The van der Waals surface area contributed by atoms with Gasteiger partial charge in [0.1, 0.15) is 5.54 Å². The molecule has 0 saturated heterocycles. The number of nitrogens with two attached hydrogens (primary N) is 1. The molecular formula is C13H13NO2S. The maximum atomic E-state index is 11.2. The van der Waals surface area contributed by atoms with E-state index in [2.05, 4.69) is 0 Å². The second-order valence-electron chi connectivity index (χ2n) is 4.07. The Morgan fingerprint density at radius 3 is 2.65 bits per heavy atom. The Morgan fingerprint density at radius 1 is 1.35 bits per heavy atom. The fraction of sp³-hybridized carbons (Fsp3) is 0.154. The van der Waals surface area contributed by atoms with Gasteiger partial charge in [0.25, 0.3) is 0 Å². The summed E-state index contributed by atoms with van der Waals surface area (Å²) in [4.78, 5) is 11.2. The molecular weight excluding hydrogens is 234 g/mol. The van der Waals surface area contributed by atoms with Gasteiger partial charge in [0, 0.05) is 0 Å². The van der Waals surface area contributed by atoms with Gasteiger partial charge in [-0.25, -0.2) is 4.79 Å². The highest BCUT2D eigenvalue weighted by molar-refractivity contribution is 7.08. The normalized spacial score (nSPS) is 14.2. The number of thiophene rings is 1. The van der Waals surface area contributed by atoms with Crippen molar-refractivity contribution in [3.8, 4) is 11.1 Å². The van der Waals surface area contributed by atoms with Crippen molar-refractivity contribution in [2.75, 3.05) is 0 Å². The summed E-state index contributed by atoms with van der Waals surface area (Å²) in [6.45, 7) is 1.51. The van der Waals surface area contributed by atoms with Crippen LogP contribution in [0.2, 0.25) is 0 Å². The molecule has 1 atom stereocenters. The fourth-order valence-corrected chi connectivity index (χ4v) is 2.38. The molecule has 1 aromatic carbocycles. The van der Waals surface area contributed by atoms with Crippen molar-refractivity contribution < 1.29 is 9.90 Å². The Morgan fingerprint density at radius 2 is 2.06 bits per heavy atom. The van der Waals surface area contributed by atoms with Crippen LogP contribution in [0.3, 0.4) is 0 Å². The van der Waals surface area contributed by atoms with E-state index in [0.717, 1.165) is 11.1 Å². The molecule has 17 heavy (non-hydrogen) atoms. The van der Waals surface area contributed by atoms with E-state index >= 15 is 0 Å². The lowest BCUT2D eigenvalue weighted by Crippen LogP contribution is -2.42. The molecule has 0 aliphatic rings. The average molecular weight is 247 g/mol. The SMILES string of the molecule is CC(N)(C(=O)O)c1ccccc1-c1ccsc1. The van der Waals surface area contributed by atoms with E-state index in [0.29, 0.717) is 5.56 Å². The highest BCUT2D eigenvalue weighted by Gasteiger charge is 2.32. The van der Waals surface area contributed by atoms with E-state index in [1.54, 1.807) is 23.5 Å². The van der Waals surface area contributed by atoms with Crippen molar-refractivity contribution in [2.24, 2.45) is 5.73 Å². The van der Waals surface area contributed by atoms with Crippen molar-refractivity contribution in [1.82, 2.24) is 0 Å². The van der Waals surface area contributed by atoms with Crippen LogP contribution < -0.4 is 5.73 Å². The first kappa shape index (κ1) is 11.8. The van der Waals surface area contributed by atoms with Gasteiger partial charge in [-0.05, 0) is 40.4 Å². The van der Waals surface area contributed by atoms with Gasteiger partial charge in [0.2, 0.25) is 0 Å². The highest BCUT2D eigenvalue weighted by atomic mass is 32.1. The molecule has 2 rings (SSSR count). The molecule has 0 radical (unpaired) electrons. The zero-order valence-corrected chi connectivity index (χ0v) is 10.2. The largest absolute Gasteiger partial charge is 0.480 e. The van der Waals surface area contributed by atoms with Crippen LogP contribution in [0.25, 0.3) is 11.1 Å². The predicted octanol–water partition coefficient (Wildman–Crippen LogP) is 2.67. The molecule has 0 spiro atoms. The van der Waals surface area contributed by atoms with Gasteiger partial charge in [-0.3, -0.25) is 0 Å². The van der Waals surface area contributed by atoms with Gasteiger partial charge in [0.05, 0.1) is 0 Å². The topological polar surface area (TPSA) is 63.3 Å². The van der Waals surface area contributed by atoms with Gasteiger partial charge in [-0.1, -0.05) is 24.3 Å². The summed E-state index contributed by atoms with van der Waals surface area (Å²) in [5, 5.41) is 13.1. The summed E-state index contributed by atoms with van der Waals surface area (Å²) >= 11 is 1.57. The number of benzene rings is 1. The second-order valence-corrected chi connectivity index (χ2v) is 4.85. The first-order chi connectivity index (χ1) is 8.03. The lowest BCUT2D eigenvalue weighted by atomic mass is 9.87. The van der Waals surface area contributed by atoms with Gasteiger partial charge >= 0.3 is 5.97 Å². The molecule has 0 aliphatic carbocycles. The number of carboxylic acid groups (broad SMARTS) is 1. The summed E-state index contributed by atoms with van der Waals surface area (Å²) in [6.07, 6.45) is 0. The van der Waals surface area contributed by atoms with Crippen molar-refractivity contribution in [2.45, 2.75) is 12.5 Å². The minimum Gasteiger partial charge on any atom is -0.480 e. The number of rotatable bonds is 3. The number of aliphatic carboxylic acids is 1. The van der Waals surface area contributed by atoms with Crippen molar-refractivity contribution >= 4 is 17.3 Å². The smallest absolute Gasteiger partial charge is 0.328 e. The molecule has 0 saturated carbocycles. The highest BCUT2D eigenvalue weighted by Crippen LogP contribution is 2.31. The molecule has 0 amide bonds. The number of hydrogen-bond acceptors (Lipinski definition) is 3. The molecule has 3 nitrogen and oxygen atoms in total. The minimum atomic E-state index is -1.38.